The third-order valence-electron chi connectivity index (χ3n) is 7.27. The van der Waals surface area contributed by atoms with Gasteiger partial charge < -0.3 is 25.4 Å². The molecule has 1 aliphatic rings. The molecule has 8 nitrogen and oxygen atoms in total. The number of ether oxygens (including phenoxy) is 1. The van der Waals surface area contributed by atoms with Crippen LogP contribution in [-0.4, -0.2) is 40.8 Å². The van der Waals surface area contributed by atoms with Gasteiger partial charge in [-0.25, -0.2) is 4.79 Å². The van der Waals surface area contributed by atoms with Gasteiger partial charge in [0.15, 0.2) is 0 Å². The Balaban J connectivity index is 1.60. The van der Waals surface area contributed by atoms with Crippen LogP contribution in [0.4, 0.5) is 23.7 Å². The highest BCUT2D eigenvalue weighted by molar-refractivity contribution is 5.94. The number of benzene rings is 3. The Morgan fingerprint density at radius 2 is 1.52 bits per heavy atom. The van der Waals surface area contributed by atoms with E-state index in [0.29, 0.717) is 11.3 Å². The lowest BCUT2D eigenvalue weighted by atomic mass is 9.75. The number of anilines is 1. The SMILES string of the molecule is O=C(O)CCNC(=O)c1ccc(CN(C(=O)Nc2ccc(OC(F)(F)F)cc2)C2(c3ccccc3)CCCCC2)cc1. The maximum absolute atomic E-state index is 13.9. The van der Waals surface area contributed by atoms with Crippen LogP contribution in [0.5, 0.6) is 5.75 Å². The van der Waals surface area contributed by atoms with Gasteiger partial charge in [-0.15, -0.1) is 13.2 Å². The summed E-state index contributed by atoms with van der Waals surface area (Å²) in [5.74, 6) is -1.80. The van der Waals surface area contributed by atoms with Gasteiger partial charge in [0.05, 0.1) is 12.0 Å². The van der Waals surface area contributed by atoms with Gasteiger partial charge in [-0.1, -0.05) is 61.7 Å². The summed E-state index contributed by atoms with van der Waals surface area (Å²) in [4.78, 5) is 38.8. The zero-order valence-corrected chi connectivity index (χ0v) is 22.8. The molecule has 3 aromatic carbocycles. The van der Waals surface area contributed by atoms with E-state index < -0.39 is 35.6 Å². The quantitative estimate of drug-likeness (QED) is 0.247. The first-order valence-electron chi connectivity index (χ1n) is 13.6. The number of carboxylic acids is 1. The third kappa shape index (κ3) is 8.02. The van der Waals surface area contributed by atoms with Crippen LogP contribution in [0.3, 0.4) is 0 Å². The van der Waals surface area contributed by atoms with E-state index in [9.17, 15) is 27.6 Å². The topological polar surface area (TPSA) is 108 Å². The highest BCUT2D eigenvalue weighted by atomic mass is 19.4. The molecule has 0 spiro atoms. The molecule has 0 aliphatic heterocycles. The number of amides is 3. The molecule has 11 heteroatoms. The molecule has 0 bridgehead atoms. The van der Waals surface area contributed by atoms with Crippen LogP contribution in [0.25, 0.3) is 0 Å². The molecule has 4 rings (SSSR count). The Morgan fingerprint density at radius 3 is 2.12 bits per heavy atom. The molecule has 0 radical (unpaired) electrons. The van der Waals surface area contributed by atoms with E-state index in [1.165, 1.54) is 12.1 Å². The number of halogens is 3. The fourth-order valence-corrected chi connectivity index (χ4v) is 5.28. The van der Waals surface area contributed by atoms with Gasteiger partial charge >= 0.3 is 18.4 Å². The lowest BCUT2D eigenvalue weighted by Gasteiger charge is -2.47. The van der Waals surface area contributed by atoms with E-state index in [1.807, 2.05) is 30.3 Å². The molecule has 0 heterocycles. The van der Waals surface area contributed by atoms with Gasteiger partial charge in [-0.2, -0.15) is 0 Å². The van der Waals surface area contributed by atoms with Gasteiger partial charge in [0.25, 0.3) is 5.91 Å². The average molecular weight is 584 g/mol. The van der Waals surface area contributed by atoms with Crippen LogP contribution in [0, 0.1) is 0 Å². The number of hydrogen-bond acceptors (Lipinski definition) is 4. The predicted octanol–water partition coefficient (Wildman–Crippen LogP) is 6.68. The third-order valence-corrected chi connectivity index (χ3v) is 7.27. The van der Waals surface area contributed by atoms with E-state index in [-0.39, 0.29) is 19.5 Å². The number of nitrogens with zero attached hydrogens (tertiary/aromatic N) is 1. The molecule has 1 fully saturated rings. The van der Waals surface area contributed by atoms with Crippen molar-refractivity contribution in [2.45, 2.75) is 57.0 Å². The van der Waals surface area contributed by atoms with Crippen LogP contribution in [-0.2, 0) is 16.9 Å². The lowest BCUT2D eigenvalue weighted by Crippen LogP contribution is -2.51. The van der Waals surface area contributed by atoms with Crippen molar-refractivity contribution >= 4 is 23.6 Å². The van der Waals surface area contributed by atoms with Crippen molar-refractivity contribution in [2.75, 3.05) is 11.9 Å². The molecule has 3 N–H and O–H groups in total. The molecule has 3 aromatic rings. The summed E-state index contributed by atoms with van der Waals surface area (Å²) in [7, 11) is 0. The Labute approximate surface area is 241 Å². The maximum atomic E-state index is 13.9. The number of rotatable bonds is 10. The first-order valence-corrected chi connectivity index (χ1v) is 13.6. The summed E-state index contributed by atoms with van der Waals surface area (Å²) >= 11 is 0. The Kier molecular flexibility index (Phi) is 9.72. The number of carbonyl (C=O) groups is 3. The van der Waals surface area contributed by atoms with E-state index >= 15 is 0 Å². The van der Waals surface area contributed by atoms with Crippen LogP contribution in [0.1, 0.15) is 60.0 Å². The first-order chi connectivity index (χ1) is 20.1. The molecule has 222 valence electrons. The number of urea groups is 1. The van der Waals surface area contributed by atoms with Crippen molar-refractivity contribution in [3.8, 4) is 5.75 Å². The molecule has 1 saturated carbocycles. The summed E-state index contributed by atoms with van der Waals surface area (Å²) in [6.45, 7) is 0.212. The fourth-order valence-electron chi connectivity index (χ4n) is 5.28. The second-order valence-corrected chi connectivity index (χ2v) is 10.1. The van der Waals surface area contributed by atoms with Crippen LogP contribution >= 0.6 is 0 Å². The van der Waals surface area contributed by atoms with Crippen molar-refractivity contribution in [3.05, 3.63) is 95.6 Å². The Hall–Kier alpha value is -4.54. The van der Waals surface area contributed by atoms with Gasteiger partial charge in [-0.05, 0) is 60.4 Å². The van der Waals surface area contributed by atoms with Crippen molar-refractivity contribution < 1.29 is 37.4 Å². The van der Waals surface area contributed by atoms with Gasteiger partial charge in [-0.3, -0.25) is 9.59 Å². The minimum absolute atomic E-state index is 0.00672. The van der Waals surface area contributed by atoms with E-state index in [2.05, 4.69) is 15.4 Å². The van der Waals surface area contributed by atoms with E-state index in [1.54, 1.807) is 29.2 Å². The number of carboxylic acid groups (broad SMARTS) is 1. The number of aliphatic carboxylic acids is 1. The molecule has 3 amide bonds. The Morgan fingerprint density at radius 1 is 0.881 bits per heavy atom. The molecular weight excluding hydrogens is 551 g/mol. The van der Waals surface area contributed by atoms with Gasteiger partial charge in [0.1, 0.15) is 5.75 Å². The lowest BCUT2D eigenvalue weighted by molar-refractivity contribution is -0.274. The molecule has 0 unspecified atom stereocenters. The highest BCUT2D eigenvalue weighted by Crippen LogP contribution is 2.43. The van der Waals surface area contributed by atoms with Crippen molar-refractivity contribution in [3.63, 3.8) is 0 Å². The number of nitrogens with one attached hydrogen (secondary N) is 2. The molecule has 0 atom stereocenters. The minimum Gasteiger partial charge on any atom is -0.481 e. The van der Waals surface area contributed by atoms with Crippen molar-refractivity contribution in [2.24, 2.45) is 0 Å². The van der Waals surface area contributed by atoms with Crippen molar-refractivity contribution in [1.29, 1.82) is 0 Å². The number of alkyl halides is 3. The monoisotopic (exact) mass is 583 g/mol. The minimum atomic E-state index is -4.82. The molecule has 42 heavy (non-hydrogen) atoms. The van der Waals surface area contributed by atoms with Crippen molar-refractivity contribution in [1.82, 2.24) is 10.2 Å². The molecule has 0 aromatic heterocycles. The van der Waals surface area contributed by atoms with Crippen LogP contribution < -0.4 is 15.4 Å². The standard InChI is InChI=1S/C31H32F3N3O5/c32-31(33,34)42-26-15-13-25(14-16-26)36-29(41)37(30(18-5-2-6-19-30)24-7-3-1-4-8-24)21-22-9-11-23(12-10-22)28(40)35-20-17-27(38)39/h1,3-4,7-16H,2,5-6,17-21H2,(H,35,40)(H,36,41)(H,38,39). The zero-order chi connectivity index (χ0) is 30.2. The van der Waals surface area contributed by atoms with Crippen LogP contribution in [0.2, 0.25) is 0 Å². The summed E-state index contributed by atoms with van der Waals surface area (Å²) in [6.07, 6.45) is -0.682. The Bertz CT molecular complexity index is 1360. The highest BCUT2D eigenvalue weighted by Gasteiger charge is 2.42. The summed E-state index contributed by atoms with van der Waals surface area (Å²) in [5.41, 5.74) is 1.80. The normalized spacial score (nSPS) is 14.5. The second-order valence-electron chi connectivity index (χ2n) is 10.1. The number of hydrogen-bond donors (Lipinski definition) is 3. The number of carbonyl (C=O) groups excluding carboxylic acids is 2. The first kappa shape index (κ1) is 30.4. The summed E-state index contributed by atoms with van der Waals surface area (Å²) in [6, 6.07) is 21.1. The second kappa shape index (κ2) is 13.4. The largest absolute Gasteiger partial charge is 0.573 e. The zero-order valence-electron chi connectivity index (χ0n) is 22.8. The van der Waals surface area contributed by atoms with E-state index in [4.69, 9.17) is 5.11 Å². The smallest absolute Gasteiger partial charge is 0.481 e. The summed E-state index contributed by atoms with van der Waals surface area (Å²) in [5, 5.41) is 14.2. The van der Waals surface area contributed by atoms with E-state index in [0.717, 1.165) is 55.4 Å². The fraction of sp³-hybridized carbons (Fsp3) is 0.323. The molecular formula is C31H32F3N3O5. The summed E-state index contributed by atoms with van der Waals surface area (Å²) < 4.78 is 41.7. The predicted molar refractivity (Wildman–Crippen MR) is 150 cm³/mol. The molecule has 1 aliphatic carbocycles. The van der Waals surface area contributed by atoms with Gasteiger partial charge in [0, 0.05) is 24.3 Å². The average Bonchev–Trinajstić information content (AvgIpc) is 2.97. The maximum Gasteiger partial charge on any atom is 0.573 e. The molecule has 0 saturated heterocycles. The van der Waals surface area contributed by atoms with Gasteiger partial charge in [0.2, 0.25) is 0 Å². The van der Waals surface area contributed by atoms with Crippen LogP contribution in [0.15, 0.2) is 78.9 Å².